The Labute approximate surface area is 153 Å². The number of benzene rings is 1. The molecule has 0 heterocycles. The van der Waals surface area contributed by atoms with Gasteiger partial charge in [-0.15, -0.1) is 0 Å². The molecule has 1 aromatic carbocycles. The van der Waals surface area contributed by atoms with Crippen LogP contribution >= 0.6 is 23.2 Å². The van der Waals surface area contributed by atoms with E-state index in [1.54, 1.807) is 18.2 Å². The van der Waals surface area contributed by atoms with Gasteiger partial charge in [0.15, 0.2) is 0 Å². The number of aliphatic hydroxyl groups excluding tert-OH is 1. The number of ether oxygens (including phenoxy) is 1. The minimum Gasteiger partial charge on any atom is -0.492 e. The molecule has 0 atom stereocenters. The molecule has 1 fully saturated rings. The summed E-state index contributed by atoms with van der Waals surface area (Å²) in [5, 5.41) is 10.3. The zero-order valence-corrected chi connectivity index (χ0v) is 15.4. The smallest absolute Gasteiger partial charge is 0.223 e. The van der Waals surface area contributed by atoms with Gasteiger partial charge in [0, 0.05) is 24.0 Å². The van der Waals surface area contributed by atoms with Gasteiger partial charge in [-0.3, -0.25) is 4.79 Å². The van der Waals surface area contributed by atoms with Gasteiger partial charge < -0.3 is 14.7 Å². The SMILES string of the molecule is O=C(CCCOc1ccc(Cl)cc1Cl)N(CCO)C1CCCCC1. The molecule has 0 saturated heterocycles. The fourth-order valence-electron chi connectivity index (χ4n) is 3.15. The number of amides is 1. The molecule has 2 rings (SSSR count). The Balaban J connectivity index is 1.77. The molecule has 0 bridgehead atoms. The van der Waals surface area contributed by atoms with Crippen LogP contribution in [0.1, 0.15) is 44.9 Å². The van der Waals surface area contributed by atoms with Crippen LogP contribution in [-0.4, -0.2) is 41.7 Å². The van der Waals surface area contributed by atoms with Gasteiger partial charge in [0.2, 0.25) is 5.91 Å². The summed E-state index contributed by atoms with van der Waals surface area (Å²) in [6.45, 7) is 0.858. The predicted octanol–water partition coefficient (Wildman–Crippen LogP) is 4.31. The van der Waals surface area contributed by atoms with E-state index in [0.29, 0.717) is 41.8 Å². The Morgan fingerprint density at radius 1 is 1.25 bits per heavy atom. The molecule has 1 saturated carbocycles. The molecule has 4 nitrogen and oxygen atoms in total. The average Bonchev–Trinajstić information content (AvgIpc) is 2.58. The van der Waals surface area contributed by atoms with Crippen LogP contribution in [-0.2, 0) is 4.79 Å². The first kappa shape index (κ1) is 19.4. The van der Waals surface area contributed by atoms with E-state index in [0.717, 1.165) is 25.7 Å². The van der Waals surface area contributed by atoms with Gasteiger partial charge in [0.25, 0.3) is 0 Å². The van der Waals surface area contributed by atoms with Crippen LogP contribution in [0.2, 0.25) is 10.0 Å². The van der Waals surface area contributed by atoms with Crippen LogP contribution in [0.25, 0.3) is 0 Å². The molecule has 0 unspecified atom stereocenters. The molecule has 1 aliphatic rings. The van der Waals surface area contributed by atoms with Crippen molar-refractivity contribution in [3.05, 3.63) is 28.2 Å². The van der Waals surface area contributed by atoms with Crippen LogP contribution in [0, 0.1) is 0 Å². The van der Waals surface area contributed by atoms with Crippen molar-refractivity contribution in [2.45, 2.75) is 51.0 Å². The molecular formula is C18H25Cl2NO3. The maximum Gasteiger partial charge on any atom is 0.223 e. The Hall–Kier alpha value is -0.970. The number of carbonyl (C=O) groups excluding carboxylic acids is 1. The number of nitrogens with zero attached hydrogens (tertiary/aromatic N) is 1. The lowest BCUT2D eigenvalue weighted by atomic mass is 9.94. The van der Waals surface area contributed by atoms with Crippen LogP contribution in [0.5, 0.6) is 5.75 Å². The molecule has 0 aliphatic heterocycles. The van der Waals surface area contributed by atoms with E-state index in [9.17, 15) is 9.90 Å². The first-order valence-corrected chi connectivity index (χ1v) is 9.35. The highest BCUT2D eigenvalue weighted by Gasteiger charge is 2.24. The summed E-state index contributed by atoms with van der Waals surface area (Å²) in [4.78, 5) is 14.3. The molecule has 24 heavy (non-hydrogen) atoms. The highest BCUT2D eigenvalue weighted by atomic mass is 35.5. The van der Waals surface area contributed by atoms with Gasteiger partial charge in [0.1, 0.15) is 5.75 Å². The van der Waals surface area contributed by atoms with Crippen molar-refractivity contribution >= 4 is 29.1 Å². The van der Waals surface area contributed by atoms with E-state index in [-0.39, 0.29) is 18.6 Å². The number of hydrogen-bond acceptors (Lipinski definition) is 3. The maximum atomic E-state index is 12.5. The van der Waals surface area contributed by atoms with Gasteiger partial charge >= 0.3 is 0 Å². The third-order valence-electron chi connectivity index (χ3n) is 4.36. The molecule has 0 spiro atoms. The molecule has 0 radical (unpaired) electrons. The Morgan fingerprint density at radius 3 is 2.67 bits per heavy atom. The van der Waals surface area contributed by atoms with Crippen molar-refractivity contribution < 1.29 is 14.6 Å². The second-order valence-electron chi connectivity index (χ2n) is 6.13. The van der Waals surface area contributed by atoms with Gasteiger partial charge in [-0.05, 0) is 37.5 Å². The third kappa shape index (κ3) is 5.83. The quantitative estimate of drug-likeness (QED) is 0.690. The van der Waals surface area contributed by atoms with Crippen molar-refractivity contribution in [2.75, 3.05) is 19.8 Å². The van der Waals surface area contributed by atoms with E-state index < -0.39 is 0 Å². The minimum atomic E-state index is 0.0130. The fourth-order valence-corrected chi connectivity index (χ4v) is 3.62. The zero-order valence-electron chi connectivity index (χ0n) is 13.8. The topological polar surface area (TPSA) is 49.8 Å². The first-order valence-electron chi connectivity index (χ1n) is 8.60. The van der Waals surface area contributed by atoms with Crippen molar-refractivity contribution in [3.8, 4) is 5.75 Å². The molecule has 0 aromatic heterocycles. The Bertz CT molecular complexity index is 533. The Kier molecular flexibility index (Phi) is 8.16. The fraction of sp³-hybridized carbons (Fsp3) is 0.611. The van der Waals surface area contributed by atoms with Gasteiger partial charge in [-0.2, -0.15) is 0 Å². The monoisotopic (exact) mass is 373 g/mol. The molecule has 6 heteroatoms. The molecule has 1 amide bonds. The van der Waals surface area contributed by atoms with Crippen LogP contribution in [0.15, 0.2) is 18.2 Å². The van der Waals surface area contributed by atoms with E-state index in [1.807, 2.05) is 4.90 Å². The number of rotatable bonds is 8. The number of aliphatic hydroxyl groups is 1. The third-order valence-corrected chi connectivity index (χ3v) is 4.89. The zero-order chi connectivity index (χ0) is 17.4. The van der Waals surface area contributed by atoms with Crippen molar-refractivity contribution in [1.82, 2.24) is 4.90 Å². The largest absolute Gasteiger partial charge is 0.492 e. The van der Waals surface area contributed by atoms with Crippen molar-refractivity contribution in [2.24, 2.45) is 0 Å². The van der Waals surface area contributed by atoms with Gasteiger partial charge in [-0.1, -0.05) is 42.5 Å². The van der Waals surface area contributed by atoms with Gasteiger partial charge in [-0.25, -0.2) is 0 Å². The van der Waals surface area contributed by atoms with Crippen LogP contribution in [0.4, 0.5) is 0 Å². The second kappa shape index (κ2) is 10.1. The predicted molar refractivity (Wildman–Crippen MR) is 96.9 cm³/mol. The van der Waals surface area contributed by atoms with E-state index >= 15 is 0 Å². The molecular weight excluding hydrogens is 349 g/mol. The summed E-state index contributed by atoms with van der Waals surface area (Å²) in [6.07, 6.45) is 6.70. The summed E-state index contributed by atoms with van der Waals surface area (Å²) >= 11 is 11.9. The highest BCUT2D eigenvalue weighted by molar-refractivity contribution is 6.35. The standard InChI is InChI=1S/C18H25Cl2NO3/c19-14-8-9-17(16(20)13-14)24-12-4-7-18(23)21(10-11-22)15-5-2-1-3-6-15/h8-9,13,15,22H,1-7,10-12H2. The lowest BCUT2D eigenvalue weighted by Crippen LogP contribution is -2.43. The summed E-state index contributed by atoms with van der Waals surface area (Å²) < 4.78 is 5.62. The lowest BCUT2D eigenvalue weighted by Gasteiger charge is -2.34. The Morgan fingerprint density at radius 2 is 2.00 bits per heavy atom. The summed E-state index contributed by atoms with van der Waals surface area (Å²) in [6, 6.07) is 5.37. The number of carbonyl (C=O) groups is 1. The van der Waals surface area contributed by atoms with Crippen molar-refractivity contribution in [1.29, 1.82) is 0 Å². The highest BCUT2D eigenvalue weighted by Crippen LogP contribution is 2.28. The lowest BCUT2D eigenvalue weighted by molar-refractivity contribution is -0.135. The van der Waals surface area contributed by atoms with Gasteiger partial charge in [0.05, 0.1) is 18.2 Å². The van der Waals surface area contributed by atoms with E-state index in [2.05, 4.69) is 0 Å². The number of hydrogen-bond donors (Lipinski definition) is 1. The van der Waals surface area contributed by atoms with Crippen LogP contribution in [0.3, 0.4) is 0 Å². The normalized spacial score (nSPS) is 15.3. The second-order valence-corrected chi connectivity index (χ2v) is 6.97. The van der Waals surface area contributed by atoms with E-state index in [4.69, 9.17) is 27.9 Å². The van der Waals surface area contributed by atoms with E-state index in [1.165, 1.54) is 6.42 Å². The van der Waals surface area contributed by atoms with Crippen molar-refractivity contribution in [3.63, 3.8) is 0 Å². The molecule has 1 aliphatic carbocycles. The molecule has 134 valence electrons. The molecule has 1 aromatic rings. The molecule has 1 N–H and O–H groups in total. The number of halogens is 2. The van der Waals surface area contributed by atoms with Crippen LogP contribution < -0.4 is 4.74 Å². The summed E-state index contributed by atoms with van der Waals surface area (Å²) in [5.74, 6) is 0.676. The minimum absolute atomic E-state index is 0.0130. The maximum absolute atomic E-state index is 12.5. The first-order chi connectivity index (χ1) is 11.6. The average molecular weight is 374 g/mol. The summed E-state index contributed by atoms with van der Waals surface area (Å²) in [7, 11) is 0. The summed E-state index contributed by atoms with van der Waals surface area (Å²) in [5.41, 5.74) is 0.